The van der Waals surface area contributed by atoms with Crippen LogP contribution in [0.25, 0.3) is 11.0 Å². The summed E-state index contributed by atoms with van der Waals surface area (Å²) in [6.45, 7) is 1.92. The Morgan fingerprint density at radius 1 is 1.05 bits per heavy atom. The van der Waals surface area contributed by atoms with E-state index in [-0.39, 0.29) is 0 Å². The van der Waals surface area contributed by atoms with E-state index in [2.05, 4.69) is 0 Å². The molecule has 0 aliphatic carbocycles. The third-order valence-corrected chi connectivity index (χ3v) is 4.00. The topological polar surface area (TPSA) is 33.4 Å². The Labute approximate surface area is 126 Å². The molecule has 1 unspecified atom stereocenters. The summed E-state index contributed by atoms with van der Waals surface area (Å²) in [4.78, 5) is 0. The summed E-state index contributed by atoms with van der Waals surface area (Å²) in [7, 11) is 0. The number of fused-ring (bicyclic) bond motifs is 1. The van der Waals surface area contributed by atoms with Gasteiger partial charge in [-0.1, -0.05) is 47.5 Å². The van der Waals surface area contributed by atoms with Gasteiger partial charge in [0.25, 0.3) is 0 Å². The average molecular weight is 307 g/mol. The summed E-state index contributed by atoms with van der Waals surface area (Å²) in [5, 5.41) is 12.4. The molecule has 0 amide bonds. The maximum absolute atomic E-state index is 10.4. The zero-order valence-corrected chi connectivity index (χ0v) is 12.2. The Morgan fingerprint density at radius 2 is 1.85 bits per heavy atom. The second-order valence-corrected chi connectivity index (χ2v) is 5.53. The summed E-state index contributed by atoms with van der Waals surface area (Å²) >= 11 is 12.2. The number of rotatable bonds is 2. The molecule has 3 aromatic rings. The highest BCUT2D eigenvalue weighted by atomic mass is 35.5. The number of para-hydroxylation sites is 1. The lowest BCUT2D eigenvalue weighted by Crippen LogP contribution is -1.98. The van der Waals surface area contributed by atoms with Gasteiger partial charge in [0, 0.05) is 10.4 Å². The molecule has 1 atom stereocenters. The van der Waals surface area contributed by atoms with Gasteiger partial charge in [-0.05, 0) is 36.2 Å². The van der Waals surface area contributed by atoms with E-state index in [9.17, 15) is 5.11 Å². The molecule has 1 heterocycles. The number of aliphatic hydroxyl groups excluding tert-OH is 1. The molecule has 3 rings (SSSR count). The van der Waals surface area contributed by atoms with Gasteiger partial charge in [0.05, 0.1) is 5.02 Å². The maximum atomic E-state index is 10.4. The van der Waals surface area contributed by atoms with Crippen molar-refractivity contribution in [3.8, 4) is 0 Å². The molecule has 0 aliphatic rings. The zero-order valence-electron chi connectivity index (χ0n) is 10.7. The van der Waals surface area contributed by atoms with Crippen LogP contribution in [0.15, 0.2) is 46.9 Å². The third-order valence-electron chi connectivity index (χ3n) is 3.30. The Hall–Kier alpha value is -1.48. The van der Waals surface area contributed by atoms with Gasteiger partial charge >= 0.3 is 0 Å². The molecule has 1 aromatic heterocycles. The minimum atomic E-state index is -0.864. The number of aryl methyl sites for hydroxylation is 1. The first-order valence-corrected chi connectivity index (χ1v) is 6.94. The monoisotopic (exact) mass is 306 g/mol. The second-order valence-electron chi connectivity index (χ2n) is 4.72. The van der Waals surface area contributed by atoms with E-state index in [1.807, 2.05) is 31.2 Å². The van der Waals surface area contributed by atoms with Crippen molar-refractivity contribution in [1.29, 1.82) is 0 Å². The first-order valence-electron chi connectivity index (χ1n) is 6.18. The predicted molar refractivity (Wildman–Crippen MR) is 81.5 cm³/mol. The number of furan rings is 1. The van der Waals surface area contributed by atoms with Crippen LogP contribution in [0.3, 0.4) is 0 Å². The van der Waals surface area contributed by atoms with E-state index in [1.54, 1.807) is 18.2 Å². The lowest BCUT2D eigenvalue weighted by molar-refractivity contribution is 0.192. The SMILES string of the molecule is Cc1ccc(C(O)c2cc3cccc(Cl)c3o2)cc1Cl. The highest BCUT2D eigenvalue weighted by Crippen LogP contribution is 2.32. The van der Waals surface area contributed by atoms with E-state index in [1.165, 1.54) is 0 Å². The van der Waals surface area contributed by atoms with Crippen LogP contribution >= 0.6 is 23.2 Å². The molecule has 20 heavy (non-hydrogen) atoms. The maximum Gasteiger partial charge on any atom is 0.153 e. The highest BCUT2D eigenvalue weighted by Gasteiger charge is 2.17. The van der Waals surface area contributed by atoms with Crippen molar-refractivity contribution in [3.05, 3.63) is 69.4 Å². The zero-order chi connectivity index (χ0) is 14.3. The molecular weight excluding hydrogens is 295 g/mol. The lowest BCUT2D eigenvalue weighted by Gasteiger charge is -2.09. The van der Waals surface area contributed by atoms with E-state index in [0.717, 1.165) is 10.9 Å². The first kappa shape index (κ1) is 13.5. The van der Waals surface area contributed by atoms with Gasteiger partial charge in [-0.15, -0.1) is 0 Å². The molecule has 0 radical (unpaired) electrons. The van der Waals surface area contributed by atoms with Gasteiger partial charge in [-0.3, -0.25) is 0 Å². The Morgan fingerprint density at radius 3 is 2.55 bits per heavy atom. The normalized spacial score (nSPS) is 12.8. The standard InChI is InChI=1S/C16H12Cl2O2/c1-9-5-6-10(7-13(9)18)15(19)14-8-11-3-2-4-12(17)16(11)20-14/h2-8,15,19H,1H3. The van der Waals surface area contributed by atoms with Crippen molar-refractivity contribution >= 4 is 34.2 Å². The number of benzene rings is 2. The second kappa shape index (κ2) is 5.13. The van der Waals surface area contributed by atoms with E-state index in [0.29, 0.717) is 27.0 Å². The summed E-state index contributed by atoms with van der Waals surface area (Å²) in [5.74, 6) is 0.452. The summed E-state index contributed by atoms with van der Waals surface area (Å²) < 4.78 is 5.66. The van der Waals surface area contributed by atoms with Crippen LogP contribution in [0, 0.1) is 6.92 Å². The highest BCUT2D eigenvalue weighted by molar-refractivity contribution is 6.34. The van der Waals surface area contributed by atoms with Crippen molar-refractivity contribution in [2.75, 3.05) is 0 Å². The van der Waals surface area contributed by atoms with E-state index in [4.69, 9.17) is 27.6 Å². The van der Waals surface area contributed by atoms with Crippen LogP contribution in [0.4, 0.5) is 0 Å². The van der Waals surface area contributed by atoms with Gasteiger partial charge in [-0.2, -0.15) is 0 Å². The Balaban J connectivity index is 2.05. The van der Waals surface area contributed by atoms with E-state index < -0.39 is 6.10 Å². The molecule has 0 saturated carbocycles. The molecule has 0 saturated heterocycles. The first-order chi connectivity index (χ1) is 9.56. The van der Waals surface area contributed by atoms with Crippen LogP contribution in [-0.2, 0) is 0 Å². The molecule has 2 nitrogen and oxygen atoms in total. The minimum absolute atomic E-state index is 0.452. The van der Waals surface area contributed by atoms with Crippen LogP contribution in [-0.4, -0.2) is 5.11 Å². The minimum Gasteiger partial charge on any atom is -0.456 e. The van der Waals surface area contributed by atoms with Crippen molar-refractivity contribution in [2.24, 2.45) is 0 Å². The molecule has 0 fully saturated rings. The molecular formula is C16H12Cl2O2. The van der Waals surface area contributed by atoms with Gasteiger partial charge in [0.2, 0.25) is 0 Å². The quantitative estimate of drug-likeness (QED) is 0.712. The van der Waals surface area contributed by atoms with Gasteiger partial charge < -0.3 is 9.52 Å². The van der Waals surface area contributed by atoms with Crippen molar-refractivity contribution in [3.63, 3.8) is 0 Å². The fourth-order valence-corrected chi connectivity index (χ4v) is 2.54. The van der Waals surface area contributed by atoms with Crippen molar-refractivity contribution in [1.82, 2.24) is 0 Å². The molecule has 2 aromatic carbocycles. The van der Waals surface area contributed by atoms with Gasteiger partial charge in [-0.25, -0.2) is 0 Å². The number of hydrogen-bond acceptors (Lipinski definition) is 2. The summed E-state index contributed by atoms with van der Waals surface area (Å²) in [6, 6.07) is 12.7. The van der Waals surface area contributed by atoms with Crippen LogP contribution in [0.5, 0.6) is 0 Å². The lowest BCUT2D eigenvalue weighted by atomic mass is 10.1. The predicted octanol–water partition coefficient (Wildman–Crippen LogP) is 5.13. The fourth-order valence-electron chi connectivity index (χ4n) is 2.13. The Kier molecular flexibility index (Phi) is 3.47. The van der Waals surface area contributed by atoms with Crippen molar-refractivity contribution in [2.45, 2.75) is 13.0 Å². The summed E-state index contributed by atoms with van der Waals surface area (Å²) in [6.07, 6.45) is -0.864. The smallest absolute Gasteiger partial charge is 0.153 e. The molecule has 4 heteroatoms. The molecule has 0 spiro atoms. The number of halogens is 2. The molecule has 102 valence electrons. The van der Waals surface area contributed by atoms with Crippen LogP contribution in [0.2, 0.25) is 10.0 Å². The molecule has 0 aliphatic heterocycles. The van der Waals surface area contributed by atoms with Gasteiger partial charge in [0.15, 0.2) is 5.58 Å². The molecule has 0 bridgehead atoms. The number of aliphatic hydroxyl groups is 1. The average Bonchev–Trinajstić information content (AvgIpc) is 2.86. The van der Waals surface area contributed by atoms with Crippen LogP contribution in [0.1, 0.15) is 23.0 Å². The fraction of sp³-hybridized carbons (Fsp3) is 0.125. The third kappa shape index (κ3) is 2.31. The van der Waals surface area contributed by atoms with Crippen molar-refractivity contribution < 1.29 is 9.52 Å². The summed E-state index contributed by atoms with van der Waals surface area (Å²) in [5.41, 5.74) is 2.24. The molecule has 1 N–H and O–H groups in total. The largest absolute Gasteiger partial charge is 0.456 e. The number of hydrogen-bond donors (Lipinski definition) is 1. The van der Waals surface area contributed by atoms with Crippen LogP contribution < -0.4 is 0 Å². The Bertz CT molecular complexity index is 777. The van der Waals surface area contributed by atoms with Gasteiger partial charge in [0.1, 0.15) is 11.9 Å². The van der Waals surface area contributed by atoms with E-state index >= 15 is 0 Å².